The van der Waals surface area contributed by atoms with Crippen LogP contribution in [0.2, 0.25) is 0 Å². The van der Waals surface area contributed by atoms with Crippen LogP contribution in [0.1, 0.15) is 28.0 Å². The zero-order valence-electron chi connectivity index (χ0n) is 14.5. The average Bonchev–Trinajstić information content (AvgIpc) is 2.62. The minimum Gasteiger partial charge on any atom is -0.379 e. The Labute approximate surface area is 146 Å². The second kappa shape index (κ2) is 7.70. The summed E-state index contributed by atoms with van der Waals surface area (Å²) in [6.07, 6.45) is 4.48. The lowest BCUT2D eigenvalue weighted by atomic mass is 9.87. The zero-order valence-corrected chi connectivity index (χ0v) is 14.5. The van der Waals surface area contributed by atoms with Gasteiger partial charge < -0.3 is 9.64 Å². The fourth-order valence-electron chi connectivity index (χ4n) is 3.39. The maximum absolute atomic E-state index is 13.4. The summed E-state index contributed by atoms with van der Waals surface area (Å²) in [5, 5.41) is 0. The predicted octanol–water partition coefficient (Wildman–Crippen LogP) is 2.64. The van der Waals surface area contributed by atoms with E-state index < -0.39 is 0 Å². The molecule has 2 atom stereocenters. The molecule has 132 valence electrons. The van der Waals surface area contributed by atoms with Crippen LogP contribution in [0.3, 0.4) is 0 Å². The Bertz CT molecular complexity index is 753. The Morgan fingerprint density at radius 3 is 3.00 bits per heavy atom. The van der Waals surface area contributed by atoms with Crippen LogP contribution < -0.4 is 0 Å². The van der Waals surface area contributed by atoms with Gasteiger partial charge in [0, 0.05) is 26.4 Å². The lowest BCUT2D eigenvalue weighted by Crippen LogP contribution is -2.48. The van der Waals surface area contributed by atoms with E-state index in [0.29, 0.717) is 24.3 Å². The van der Waals surface area contributed by atoms with Gasteiger partial charge in [-0.3, -0.25) is 4.79 Å². The number of carbonyl (C=O) groups excluding carboxylic acids is 1. The number of aryl methyl sites for hydroxylation is 1. The molecule has 1 fully saturated rings. The largest absolute Gasteiger partial charge is 0.379 e. The first kappa shape index (κ1) is 17.5. The summed E-state index contributed by atoms with van der Waals surface area (Å²) in [6.45, 7) is 2.97. The number of ether oxygens (including phenoxy) is 1. The van der Waals surface area contributed by atoms with E-state index >= 15 is 0 Å². The molecule has 0 bridgehead atoms. The Morgan fingerprint density at radius 1 is 1.44 bits per heavy atom. The zero-order chi connectivity index (χ0) is 17.8. The van der Waals surface area contributed by atoms with Crippen LogP contribution in [0.5, 0.6) is 0 Å². The minimum absolute atomic E-state index is 0.0654. The van der Waals surface area contributed by atoms with E-state index in [0.717, 1.165) is 18.4 Å². The summed E-state index contributed by atoms with van der Waals surface area (Å²) in [6, 6.07) is 6.67. The predicted molar refractivity (Wildman–Crippen MR) is 91.7 cm³/mol. The van der Waals surface area contributed by atoms with Crippen molar-refractivity contribution < 1.29 is 13.9 Å². The molecule has 6 heteroatoms. The highest BCUT2D eigenvalue weighted by atomic mass is 19.1. The third-order valence-electron chi connectivity index (χ3n) is 4.81. The smallest absolute Gasteiger partial charge is 0.257 e. The van der Waals surface area contributed by atoms with Gasteiger partial charge in [-0.1, -0.05) is 12.1 Å². The number of piperidine rings is 1. The minimum atomic E-state index is -0.223. The Morgan fingerprint density at radius 2 is 2.28 bits per heavy atom. The van der Waals surface area contributed by atoms with Crippen molar-refractivity contribution in [3.8, 4) is 0 Å². The molecule has 0 unspecified atom stereocenters. The summed E-state index contributed by atoms with van der Waals surface area (Å²) in [4.78, 5) is 22.6. The summed E-state index contributed by atoms with van der Waals surface area (Å²) in [5.41, 5.74) is 2.16. The van der Waals surface area contributed by atoms with Crippen LogP contribution in [0, 0.1) is 18.7 Å². The molecule has 1 aromatic heterocycles. The number of amides is 1. The second-order valence-corrected chi connectivity index (χ2v) is 6.43. The quantitative estimate of drug-likeness (QED) is 0.856. The number of aromatic nitrogens is 2. The van der Waals surface area contributed by atoms with Crippen molar-refractivity contribution in [1.82, 2.24) is 14.9 Å². The van der Waals surface area contributed by atoms with Gasteiger partial charge in [0.05, 0.1) is 17.4 Å². The van der Waals surface area contributed by atoms with Gasteiger partial charge in [-0.25, -0.2) is 14.4 Å². The van der Waals surface area contributed by atoms with Crippen molar-refractivity contribution in [2.45, 2.75) is 25.9 Å². The number of carbonyl (C=O) groups is 1. The lowest BCUT2D eigenvalue weighted by Gasteiger charge is -2.38. The molecule has 0 aliphatic carbocycles. The topological polar surface area (TPSA) is 55.3 Å². The second-order valence-electron chi connectivity index (χ2n) is 6.43. The highest BCUT2D eigenvalue weighted by molar-refractivity contribution is 5.95. The fraction of sp³-hybridized carbons (Fsp3) is 0.421. The van der Waals surface area contributed by atoms with E-state index in [1.54, 1.807) is 37.3 Å². The first-order valence-corrected chi connectivity index (χ1v) is 8.41. The molecule has 2 heterocycles. The van der Waals surface area contributed by atoms with Crippen molar-refractivity contribution in [3.63, 3.8) is 0 Å². The van der Waals surface area contributed by atoms with Crippen LogP contribution in [-0.4, -0.2) is 47.1 Å². The molecule has 1 aromatic carbocycles. The molecule has 2 aromatic rings. The van der Waals surface area contributed by atoms with Gasteiger partial charge in [-0.05, 0) is 43.4 Å². The molecule has 25 heavy (non-hydrogen) atoms. The standard InChI is InChI=1S/C19H22FN3O2/c1-13-17(10-21-12-22-13)19(24)23-7-6-15(18(11-23)25-2)8-14-4-3-5-16(20)9-14/h3-5,9-10,12,15,18H,6-8,11H2,1-2H3/t15-,18-/m1/s1. The van der Waals surface area contributed by atoms with Gasteiger partial charge in [-0.15, -0.1) is 0 Å². The van der Waals surface area contributed by atoms with Crippen molar-refractivity contribution in [2.24, 2.45) is 5.92 Å². The Hall–Kier alpha value is -2.34. The molecule has 5 nitrogen and oxygen atoms in total. The molecule has 1 aliphatic rings. The van der Waals surface area contributed by atoms with Crippen LogP contribution in [0.25, 0.3) is 0 Å². The number of halogens is 1. The number of likely N-dealkylation sites (tertiary alicyclic amines) is 1. The molecule has 0 spiro atoms. The van der Waals surface area contributed by atoms with Gasteiger partial charge in [0.15, 0.2) is 0 Å². The molecule has 1 amide bonds. The molecule has 3 rings (SSSR count). The van der Waals surface area contributed by atoms with Gasteiger partial charge >= 0.3 is 0 Å². The SMILES string of the molecule is CO[C@@H]1CN(C(=O)c2cncnc2C)CC[C@@H]1Cc1cccc(F)c1. The van der Waals surface area contributed by atoms with Gasteiger partial charge in [0.25, 0.3) is 5.91 Å². The number of rotatable bonds is 4. The van der Waals surface area contributed by atoms with Crippen molar-refractivity contribution in [1.29, 1.82) is 0 Å². The van der Waals surface area contributed by atoms with Gasteiger partial charge in [0.2, 0.25) is 0 Å². The number of hydrogen-bond acceptors (Lipinski definition) is 4. The first-order valence-electron chi connectivity index (χ1n) is 8.41. The molecule has 1 saturated heterocycles. The summed E-state index contributed by atoms with van der Waals surface area (Å²) >= 11 is 0. The lowest BCUT2D eigenvalue weighted by molar-refractivity contribution is -0.00703. The van der Waals surface area contributed by atoms with Crippen LogP contribution >= 0.6 is 0 Å². The summed E-state index contributed by atoms with van der Waals surface area (Å²) < 4.78 is 19.0. The van der Waals surface area contributed by atoms with Crippen LogP contribution in [0.4, 0.5) is 4.39 Å². The molecule has 0 N–H and O–H groups in total. The highest BCUT2D eigenvalue weighted by Crippen LogP contribution is 2.25. The van der Waals surface area contributed by atoms with E-state index in [2.05, 4.69) is 9.97 Å². The fourth-order valence-corrected chi connectivity index (χ4v) is 3.39. The van der Waals surface area contributed by atoms with E-state index in [-0.39, 0.29) is 23.7 Å². The first-order chi connectivity index (χ1) is 12.1. The molecular weight excluding hydrogens is 321 g/mol. The van der Waals surface area contributed by atoms with Crippen molar-refractivity contribution >= 4 is 5.91 Å². The highest BCUT2D eigenvalue weighted by Gasteiger charge is 2.32. The van der Waals surface area contributed by atoms with E-state index in [1.165, 1.54) is 12.4 Å². The molecule has 0 radical (unpaired) electrons. The molecular formula is C19H22FN3O2. The average molecular weight is 343 g/mol. The molecule has 1 aliphatic heterocycles. The van der Waals surface area contributed by atoms with E-state index in [9.17, 15) is 9.18 Å². The molecule has 0 saturated carbocycles. The van der Waals surface area contributed by atoms with Crippen molar-refractivity contribution in [3.05, 3.63) is 59.4 Å². The third-order valence-corrected chi connectivity index (χ3v) is 4.81. The van der Waals surface area contributed by atoms with Crippen LogP contribution in [-0.2, 0) is 11.2 Å². The number of benzene rings is 1. The van der Waals surface area contributed by atoms with Gasteiger partial charge in [0.1, 0.15) is 12.1 Å². The van der Waals surface area contributed by atoms with E-state index in [4.69, 9.17) is 4.74 Å². The van der Waals surface area contributed by atoms with Crippen molar-refractivity contribution in [2.75, 3.05) is 20.2 Å². The number of nitrogens with zero attached hydrogens (tertiary/aromatic N) is 3. The van der Waals surface area contributed by atoms with Crippen LogP contribution in [0.15, 0.2) is 36.8 Å². The maximum atomic E-state index is 13.4. The Balaban J connectivity index is 1.69. The summed E-state index contributed by atoms with van der Waals surface area (Å²) in [7, 11) is 1.66. The number of methoxy groups -OCH3 is 1. The van der Waals surface area contributed by atoms with E-state index in [1.807, 2.05) is 6.07 Å². The number of hydrogen-bond donors (Lipinski definition) is 0. The summed E-state index contributed by atoms with van der Waals surface area (Å²) in [5.74, 6) is -0.0352. The normalized spacial score (nSPS) is 20.5. The van der Waals surface area contributed by atoms with Gasteiger partial charge in [-0.2, -0.15) is 0 Å². The third kappa shape index (κ3) is 4.02. The Kier molecular flexibility index (Phi) is 5.38. The monoisotopic (exact) mass is 343 g/mol. The maximum Gasteiger partial charge on any atom is 0.257 e.